The lowest BCUT2D eigenvalue weighted by atomic mass is 9.93. The Hall–Kier alpha value is -0.800. The molecule has 0 spiro atoms. The van der Waals surface area contributed by atoms with Crippen LogP contribution in [-0.2, 0) is 6.54 Å². The highest BCUT2D eigenvalue weighted by molar-refractivity contribution is 7.25. The van der Waals surface area contributed by atoms with E-state index in [2.05, 4.69) is 41.3 Å². The van der Waals surface area contributed by atoms with Gasteiger partial charge in [0.2, 0.25) is 0 Å². The zero-order valence-corrected chi connectivity index (χ0v) is 21.8. The number of hydrogen-bond donors (Lipinski definition) is 0. The smallest absolute Gasteiger partial charge is 0.0700 e. The summed E-state index contributed by atoms with van der Waals surface area (Å²) in [6.07, 6.45) is 22.7. The summed E-state index contributed by atoms with van der Waals surface area (Å²) in [4.78, 5) is 0. The molecule has 1 atom stereocenters. The maximum absolute atomic E-state index is 2.66. The SMILES string of the molecule is CCCCCCCCCCC(CCCCCCCC)Cn1c2ccsc2c2sccc21. The first-order valence-corrected chi connectivity index (χ1v) is 15.0. The van der Waals surface area contributed by atoms with Gasteiger partial charge in [-0.25, -0.2) is 0 Å². The molecule has 0 aliphatic rings. The first-order valence-electron chi connectivity index (χ1n) is 13.3. The van der Waals surface area contributed by atoms with Gasteiger partial charge in [-0.15, -0.1) is 22.7 Å². The summed E-state index contributed by atoms with van der Waals surface area (Å²) in [7, 11) is 0. The monoisotopic (exact) mass is 459 g/mol. The molecule has 0 aromatic carbocycles. The van der Waals surface area contributed by atoms with Crippen molar-refractivity contribution in [3.63, 3.8) is 0 Å². The largest absolute Gasteiger partial charge is 0.339 e. The third-order valence-corrected chi connectivity index (χ3v) is 8.92. The molecule has 3 aromatic rings. The summed E-state index contributed by atoms with van der Waals surface area (Å²) in [5.74, 6) is 0.838. The Bertz CT molecular complexity index is 792. The third kappa shape index (κ3) is 7.63. The van der Waals surface area contributed by atoms with Gasteiger partial charge in [-0.2, -0.15) is 0 Å². The van der Waals surface area contributed by atoms with Gasteiger partial charge in [0.1, 0.15) is 0 Å². The van der Waals surface area contributed by atoms with Crippen molar-refractivity contribution < 1.29 is 0 Å². The summed E-state index contributed by atoms with van der Waals surface area (Å²) in [5.41, 5.74) is 2.96. The molecule has 1 unspecified atom stereocenters. The Morgan fingerprint density at radius 1 is 0.613 bits per heavy atom. The van der Waals surface area contributed by atoms with Crippen molar-refractivity contribution in [3.8, 4) is 0 Å². The molecule has 0 N–H and O–H groups in total. The van der Waals surface area contributed by atoms with Crippen LogP contribution in [0.3, 0.4) is 0 Å². The molecule has 31 heavy (non-hydrogen) atoms. The van der Waals surface area contributed by atoms with Crippen LogP contribution in [0.15, 0.2) is 22.9 Å². The molecular formula is C28H45NS2. The van der Waals surface area contributed by atoms with Gasteiger partial charge in [-0.3, -0.25) is 0 Å². The minimum absolute atomic E-state index is 0.838. The van der Waals surface area contributed by atoms with E-state index in [4.69, 9.17) is 0 Å². The fourth-order valence-corrected chi connectivity index (χ4v) is 7.04. The number of rotatable bonds is 18. The zero-order chi connectivity index (χ0) is 21.7. The standard InChI is InChI=1S/C28H45NS2/c1-3-5-7-9-11-12-14-16-18-24(17-15-13-10-8-6-4-2)23-29-25-19-21-30-27(25)28-26(29)20-22-31-28/h19-22,24H,3-18,23H2,1-2H3. The van der Waals surface area contributed by atoms with Gasteiger partial charge in [0.25, 0.3) is 0 Å². The minimum atomic E-state index is 0.838. The number of nitrogens with zero attached hydrogens (tertiary/aromatic N) is 1. The van der Waals surface area contributed by atoms with Gasteiger partial charge in [0, 0.05) is 6.54 Å². The molecule has 0 amide bonds. The zero-order valence-electron chi connectivity index (χ0n) is 20.2. The average molecular weight is 460 g/mol. The van der Waals surface area contributed by atoms with E-state index >= 15 is 0 Å². The highest BCUT2D eigenvalue weighted by Gasteiger charge is 2.17. The maximum atomic E-state index is 2.66. The summed E-state index contributed by atoms with van der Waals surface area (Å²) >= 11 is 3.84. The average Bonchev–Trinajstić information content (AvgIpc) is 3.48. The van der Waals surface area contributed by atoms with Gasteiger partial charge < -0.3 is 4.57 Å². The Morgan fingerprint density at radius 3 is 1.48 bits per heavy atom. The fourth-order valence-electron chi connectivity index (χ4n) is 5.06. The number of aromatic nitrogens is 1. The van der Waals surface area contributed by atoms with Gasteiger partial charge >= 0.3 is 0 Å². The molecule has 3 heteroatoms. The molecule has 3 aromatic heterocycles. The van der Waals surface area contributed by atoms with E-state index < -0.39 is 0 Å². The second-order valence-electron chi connectivity index (χ2n) is 9.57. The molecule has 0 saturated heterocycles. The number of hydrogen-bond acceptors (Lipinski definition) is 2. The van der Waals surface area contributed by atoms with Crippen molar-refractivity contribution in [2.24, 2.45) is 5.92 Å². The molecule has 0 saturated carbocycles. The number of fused-ring (bicyclic) bond motifs is 3. The van der Waals surface area contributed by atoms with E-state index in [-0.39, 0.29) is 0 Å². The lowest BCUT2D eigenvalue weighted by Gasteiger charge is -2.19. The lowest BCUT2D eigenvalue weighted by molar-refractivity contribution is 0.364. The van der Waals surface area contributed by atoms with Crippen molar-refractivity contribution >= 4 is 43.1 Å². The quantitative estimate of drug-likeness (QED) is 0.167. The molecule has 3 heterocycles. The van der Waals surface area contributed by atoms with Crippen LogP contribution in [0, 0.1) is 5.92 Å². The topological polar surface area (TPSA) is 4.93 Å². The highest BCUT2D eigenvalue weighted by atomic mass is 32.1. The molecule has 0 radical (unpaired) electrons. The molecule has 0 fully saturated rings. The summed E-state index contributed by atoms with van der Waals surface area (Å²) < 4.78 is 5.68. The molecule has 174 valence electrons. The van der Waals surface area contributed by atoms with E-state index in [0.29, 0.717) is 0 Å². The van der Waals surface area contributed by atoms with E-state index in [9.17, 15) is 0 Å². The van der Waals surface area contributed by atoms with Crippen molar-refractivity contribution in [3.05, 3.63) is 22.9 Å². The van der Waals surface area contributed by atoms with Crippen LogP contribution in [0.5, 0.6) is 0 Å². The fraction of sp³-hybridized carbons (Fsp3) is 0.714. The van der Waals surface area contributed by atoms with Gasteiger partial charge in [-0.1, -0.05) is 104 Å². The Morgan fingerprint density at radius 2 is 1.03 bits per heavy atom. The van der Waals surface area contributed by atoms with E-state index in [1.54, 1.807) is 0 Å². The molecule has 0 bridgehead atoms. The first kappa shape index (κ1) is 24.8. The van der Waals surface area contributed by atoms with Crippen LogP contribution in [0.1, 0.15) is 117 Å². The molecule has 1 nitrogen and oxygen atoms in total. The minimum Gasteiger partial charge on any atom is -0.339 e. The molecular weight excluding hydrogens is 414 g/mol. The van der Waals surface area contributed by atoms with Crippen molar-refractivity contribution in [2.75, 3.05) is 0 Å². The molecule has 3 rings (SSSR count). The van der Waals surface area contributed by atoms with Gasteiger partial charge in [0.05, 0.1) is 20.4 Å². The summed E-state index contributed by atoms with van der Waals surface area (Å²) in [6, 6.07) is 4.70. The van der Waals surface area contributed by atoms with Crippen LogP contribution in [0.25, 0.3) is 20.4 Å². The third-order valence-electron chi connectivity index (χ3n) is 6.95. The number of thiophene rings is 2. The van der Waals surface area contributed by atoms with Crippen LogP contribution < -0.4 is 0 Å². The summed E-state index contributed by atoms with van der Waals surface area (Å²) in [5, 5.41) is 4.56. The van der Waals surface area contributed by atoms with Crippen molar-refractivity contribution in [1.29, 1.82) is 0 Å². The predicted molar refractivity (Wildman–Crippen MR) is 144 cm³/mol. The van der Waals surface area contributed by atoms with Crippen molar-refractivity contribution in [1.82, 2.24) is 4.57 Å². The van der Waals surface area contributed by atoms with Crippen molar-refractivity contribution in [2.45, 2.75) is 123 Å². The molecule has 0 aliphatic heterocycles. The van der Waals surface area contributed by atoms with Gasteiger partial charge in [-0.05, 0) is 41.7 Å². The Kier molecular flexibility index (Phi) is 11.5. The van der Waals surface area contributed by atoms with E-state index in [0.717, 1.165) is 5.92 Å². The van der Waals surface area contributed by atoms with E-state index in [1.165, 1.54) is 130 Å². The normalized spacial score (nSPS) is 13.0. The van der Waals surface area contributed by atoms with Crippen LogP contribution in [0.2, 0.25) is 0 Å². The highest BCUT2D eigenvalue weighted by Crippen LogP contribution is 2.37. The molecule has 0 aliphatic carbocycles. The summed E-state index contributed by atoms with van der Waals surface area (Å²) in [6.45, 7) is 5.84. The second-order valence-corrected chi connectivity index (χ2v) is 11.4. The first-order chi connectivity index (χ1) is 15.3. The lowest BCUT2D eigenvalue weighted by Crippen LogP contribution is -2.11. The van der Waals surface area contributed by atoms with Crippen LogP contribution >= 0.6 is 22.7 Å². The maximum Gasteiger partial charge on any atom is 0.0700 e. The van der Waals surface area contributed by atoms with Gasteiger partial charge in [0.15, 0.2) is 0 Å². The van der Waals surface area contributed by atoms with Crippen LogP contribution in [0.4, 0.5) is 0 Å². The Labute approximate surface area is 199 Å². The number of unbranched alkanes of at least 4 members (excludes halogenated alkanes) is 12. The second kappa shape index (κ2) is 14.4. The Balaban J connectivity index is 1.51. The van der Waals surface area contributed by atoms with Crippen LogP contribution in [-0.4, -0.2) is 4.57 Å². The predicted octanol–water partition coefficient (Wildman–Crippen LogP) is 10.8. The van der Waals surface area contributed by atoms with E-state index in [1.807, 2.05) is 22.7 Å².